The van der Waals surface area contributed by atoms with Crippen LogP contribution in [0.1, 0.15) is 12.8 Å². The van der Waals surface area contributed by atoms with Gasteiger partial charge in [-0.15, -0.1) is 0 Å². The van der Waals surface area contributed by atoms with Crippen molar-refractivity contribution in [2.45, 2.75) is 25.2 Å². The van der Waals surface area contributed by atoms with Crippen LogP contribution in [0.4, 0.5) is 0 Å². The third-order valence-electron chi connectivity index (χ3n) is 1.51. The fourth-order valence-corrected chi connectivity index (χ4v) is 0.887. The van der Waals surface area contributed by atoms with E-state index in [1.54, 1.807) is 0 Å². The zero-order valence-electron chi connectivity index (χ0n) is 5.49. The third kappa shape index (κ3) is 1.53. The van der Waals surface area contributed by atoms with E-state index in [1.165, 1.54) is 0 Å². The average molecular weight is 146 g/mol. The largest absolute Gasteiger partial charge is 0.394 e. The Labute approximate surface area is 58.4 Å². The zero-order chi connectivity index (χ0) is 7.56. The van der Waals surface area contributed by atoms with Gasteiger partial charge in [0.05, 0.1) is 12.7 Å². The Morgan fingerprint density at radius 3 is 2.90 bits per heavy atom. The van der Waals surface area contributed by atoms with Gasteiger partial charge in [-0.2, -0.15) is 0 Å². The van der Waals surface area contributed by atoms with E-state index >= 15 is 0 Å². The highest BCUT2D eigenvalue weighted by Crippen LogP contribution is 2.13. The molecule has 1 rings (SSSR count). The molecule has 58 valence electrons. The van der Waals surface area contributed by atoms with Gasteiger partial charge in [0.25, 0.3) is 0 Å². The SMILES string of the molecule is O=C1CCC(CO)OC1O. The van der Waals surface area contributed by atoms with Crippen LogP contribution in [0.25, 0.3) is 0 Å². The van der Waals surface area contributed by atoms with Crippen LogP contribution in [0.5, 0.6) is 0 Å². The molecular formula is C6H10O4. The molecule has 2 N–H and O–H groups in total. The Morgan fingerprint density at radius 1 is 1.70 bits per heavy atom. The number of carbonyl (C=O) groups is 1. The Bertz CT molecular complexity index is 134. The van der Waals surface area contributed by atoms with Crippen LogP contribution < -0.4 is 0 Å². The first kappa shape index (κ1) is 7.65. The molecule has 1 aliphatic rings. The predicted molar refractivity (Wildman–Crippen MR) is 32.2 cm³/mol. The normalized spacial score (nSPS) is 34.4. The standard InChI is InChI=1S/C6H10O4/c7-3-4-1-2-5(8)6(9)10-4/h4,6-7,9H,1-3H2. The molecule has 10 heavy (non-hydrogen) atoms. The Kier molecular flexibility index (Phi) is 2.37. The minimum atomic E-state index is -1.31. The summed E-state index contributed by atoms with van der Waals surface area (Å²) in [4.78, 5) is 10.6. The monoisotopic (exact) mass is 146 g/mol. The molecule has 1 saturated heterocycles. The van der Waals surface area contributed by atoms with E-state index in [0.717, 1.165) is 0 Å². The van der Waals surface area contributed by atoms with Crippen LogP contribution in [-0.2, 0) is 9.53 Å². The van der Waals surface area contributed by atoms with Crippen LogP contribution >= 0.6 is 0 Å². The van der Waals surface area contributed by atoms with Gasteiger partial charge in [-0.05, 0) is 6.42 Å². The minimum Gasteiger partial charge on any atom is -0.394 e. The van der Waals surface area contributed by atoms with E-state index in [1.807, 2.05) is 0 Å². The number of hydrogen-bond donors (Lipinski definition) is 2. The van der Waals surface area contributed by atoms with Gasteiger partial charge in [-0.3, -0.25) is 4.79 Å². The van der Waals surface area contributed by atoms with Crippen LogP contribution in [0.2, 0.25) is 0 Å². The molecule has 0 amide bonds. The summed E-state index contributed by atoms with van der Waals surface area (Å²) >= 11 is 0. The van der Waals surface area contributed by atoms with Crippen LogP contribution in [0.3, 0.4) is 0 Å². The quantitative estimate of drug-likeness (QED) is 0.500. The highest BCUT2D eigenvalue weighted by Gasteiger charge is 2.26. The van der Waals surface area contributed by atoms with Crippen molar-refractivity contribution < 1.29 is 19.7 Å². The van der Waals surface area contributed by atoms with E-state index in [-0.39, 0.29) is 18.5 Å². The summed E-state index contributed by atoms with van der Waals surface area (Å²) < 4.78 is 4.70. The summed E-state index contributed by atoms with van der Waals surface area (Å²) in [5.74, 6) is -0.301. The number of Topliss-reactive ketones (excluding diaryl/α,β-unsaturated/α-hetero) is 1. The van der Waals surface area contributed by atoms with Crippen LogP contribution in [0.15, 0.2) is 0 Å². The summed E-state index contributed by atoms with van der Waals surface area (Å²) in [5.41, 5.74) is 0. The smallest absolute Gasteiger partial charge is 0.215 e. The molecule has 4 heteroatoms. The first-order chi connectivity index (χ1) is 4.74. The highest BCUT2D eigenvalue weighted by molar-refractivity contribution is 5.82. The molecule has 0 aliphatic carbocycles. The van der Waals surface area contributed by atoms with Crippen molar-refractivity contribution in [3.8, 4) is 0 Å². The fraction of sp³-hybridized carbons (Fsp3) is 0.833. The molecule has 0 bridgehead atoms. The van der Waals surface area contributed by atoms with Crippen molar-refractivity contribution in [3.63, 3.8) is 0 Å². The summed E-state index contributed by atoms with van der Waals surface area (Å²) in [5, 5.41) is 17.3. The Balaban J connectivity index is 2.40. The molecule has 0 aromatic carbocycles. The second-order valence-electron chi connectivity index (χ2n) is 2.30. The molecule has 1 heterocycles. The number of aliphatic hydroxyl groups excluding tert-OH is 2. The number of aliphatic hydroxyl groups is 2. The van der Waals surface area contributed by atoms with Gasteiger partial charge in [0.15, 0.2) is 5.78 Å². The third-order valence-corrected chi connectivity index (χ3v) is 1.51. The molecule has 0 radical (unpaired) electrons. The molecule has 1 aliphatic heterocycles. The van der Waals surface area contributed by atoms with Crippen molar-refractivity contribution in [2.24, 2.45) is 0 Å². The second kappa shape index (κ2) is 3.09. The van der Waals surface area contributed by atoms with E-state index in [4.69, 9.17) is 14.9 Å². The van der Waals surface area contributed by atoms with Crippen molar-refractivity contribution in [3.05, 3.63) is 0 Å². The molecule has 2 atom stereocenters. The second-order valence-corrected chi connectivity index (χ2v) is 2.30. The maximum absolute atomic E-state index is 10.6. The number of rotatable bonds is 1. The lowest BCUT2D eigenvalue weighted by molar-refractivity contribution is -0.183. The lowest BCUT2D eigenvalue weighted by Gasteiger charge is -2.23. The Hall–Kier alpha value is -0.450. The van der Waals surface area contributed by atoms with E-state index < -0.39 is 6.29 Å². The van der Waals surface area contributed by atoms with Gasteiger partial charge in [-0.1, -0.05) is 0 Å². The van der Waals surface area contributed by atoms with E-state index in [9.17, 15) is 4.79 Å². The lowest BCUT2D eigenvalue weighted by atomic mass is 10.1. The van der Waals surface area contributed by atoms with Crippen molar-refractivity contribution in [2.75, 3.05) is 6.61 Å². The minimum absolute atomic E-state index is 0.135. The van der Waals surface area contributed by atoms with Crippen molar-refractivity contribution in [1.82, 2.24) is 0 Å². The number of ketones is 1. The van der Waals surface area contributed by atoms with E-state index in [0.29, 0.717) is 12.8 Å². The maximum Gasteiger partial charge on any atom is 0.215 e. The summed E-state index contributed by atoms with van der Waals surface area (Å²) in [6.07, 6.45) is -0.878. The Morgan fingerprint density at radius 2 is 2.40 bits per heavy atom. The van der Waals surface area contributed by atoms with Crippen LogP contribution in [-0.4, -0.2) is 35.0 Å². The fourth-order valence-electron chi connectivity index (χ4n) is 0.887. The average Bonchev–Trinajstić information content (AvgIpc) is 1.95. The maximum atomic E-state index is 10.6. The van der Waals surface area contributed by atoms with Crippen LogP contribution in [0, 0.1) is 0 Å². The van der Waals surface area contributed by atoms with Crippen molar-refractivity contribution >= 4 is 5.78 Å². The first-order valence-electron chi connectivity index (χ1n) is 3.21. The molecule has 2 unspecified atom stereocenters. The predicted octanol–water partition coefficient (Wildman–Crippen LogP) is -0.955. The highest BCUT2D eigenvalue weighted by atomic mass is 16.6. The van der Waals surface area contributed by atoms with Crippen molar-refractivity contribution in [1.29, 1.82) is 0 Å². The molecule has 0 saturated carbocycles. The van der Waals surface area contributed by atoms with Gasteiger partial charge < -0.3 is 14.9 Å². The van der Waals surface area contributed by atoms with Gasteiger partial charge in [-0.25, -0.2) is 0 Å². The molecule has 4 nitrogen and oxygen atoms in total. The summed E-state index contributed by atoms with van der Waals surface area (Å²) in [6.45, 7) is -0.135. The van der Waals surface area contributed by atoms with Gasteiger partial charge in [0.2, 0.25) is 6.29 Å². The molecule has 1 fully saturated rings. The topological polar surface area (TPSA) is 66.8 Å². The summed E-state index contributed by atoms with van der Waals surface area (Å²) in [6, 6.07) is 0. The molecule has 0 spiro atoms. The lowest BCUT2D eigenvalue weighted by Crippen LogP contribution is -2.36. The van der Waals surface area contributed by atoms with Gasteiger partial charge in [0, 0.05) is 6.42 Å². The molecule has 0 aromatic heterocycles. The first-order valence-corrected chi connectivity index (χ1v) is 3.21. The zero-order valence-corrected chi connectivity index (χ0v) is 5.49. The number of carbonyl (C=O) groups excluding carboxylic acids is 1. The number of hydrogen-bond acceptors (Lipinski definition) is 4. The number of ether oxygens (including phenoxy) is 1. The van der Waals surface area contributed by atoms with Gasteiger partial charge in [0.1, 0.15) is 0 Å². The molecule has 0 aromatic rings. The molecular weight excluding hydrogens is 136 g/mol. The van der Waals surface area contributed by atoms with Gasteiger partial charge >= 0.3 is 0 Å². The van der Waals surface area contributed by atoms with E-state index in [2.05, 4.69) is 0 Å². The summed E-state index contributed by atoms with van der Waals surface area (Å²) in [7, 11) is 0.